The second-order valence-corrected chi connectivity index (χ2v) is 7.85. The Bertz CT molecular complexity index is 326. The van der Waals surface area contributed by atoms with Gasteiger partial charge in [0.05, 0.1) is 0 Å². The highest BCUT2D eigenvalue weighted by Gasteiger charge is 2.30. The summed E-state index contributed by atoms with van der Waals surface area (Å²) in [5.41, 5.74) is -0.761. The van der Waals surface area contributed by atoms with Crippen LogP contribution in [0.25, 0.3) is 0 Å². The van der Waals surface area contributed by atoms with E-state index in [9.17, 15) is 8.42 Å². The van der Waals surface area contributed by atoms with Crippen LogP contribution in [0, 0.1) is 5.41 Å². The summed E-state index contributed by atoms with van der Waals surface area (Å²) in [6.45, 7) is 11.1. The highest BCUT2D eigenvalue weighted by molar-refractivity contribution is 7.87. The molecule has 0 fully saturated rings. The van der Waals surface area contributed by atoms with Crippen LogP contribution in [-0.4, -0.2) is 31.7 Å². The lowest BCUT2D eigenvalue weighted by Gasteiger charge is -2.32. The Hall–Kier alpha value is -0.170. The molecule has 0 aliphatic rings. The van der Waals surface area contributed by atoms with Crippen molar-refractivity contribution in [3.63, 3.8) is 0 Å². The van der Waals surface area contributed by atoms with Crippen molar-refractivity contribution in [1.82, 2.24) is 9.44 Å². The minimum Gasteiger partial charge on any atom is -0.396 e. The van der Waals surface area contributed by atoms with Gasteiger partial charge < -0.3 is 5.11 Å². The van der Waals surface area contributed by atoms with Gasteiger partial charge in [0.15, 0.2) is 0 Å². The first kappa shape index (κ1) is 16.8. The summed E-state index contributed by atoms with van der Waals surface area (Å²) in [4.78, 5) is 0. The highest BCUT2D eigenvalue weighted by Crippen LogP contribution is 2.22. The molecule has 0 rings (SSSR count). The molecule has 0 radical (unpaired) electrons. The standard InChI is InChI=1S/C11H26N2O3S/c1-10(2,3)9(7-8-14)12-17(15,16)13-11(4,5)6/h9,12-14H,7-8H2,1-6H3. The number of rotatable bonds is 5. The normalized spacial score (nSPS) is 15.9. The van der Waals surface area contributed by atoms with Crippen molar-refractivity contribution >= 4 is 10.2 Å². The molecule has 0 bridgehead atoms. The van der Waals surface area contributed by atoms with E-state index >= 15 is 0 Å². The Morgan fingerprint density at radius 3 is 1.88 bits per heavy atom. The molecule has 5 nitrogen and oxygen atoms in total. The maximum absolute atomic E-state index is 11.9. The molecule has 6 heteroatoms. The zero-order valence-corrected chi connectivity index (χ0v) is 12.5. The van der Waals surface area contributed by atoms with Crippen LogP contribution in [0.4, 0.5) is 0 Å². The van der Waals surface area contributed by atoms with Crippen molar-refractivity contribution in [3.05, 3.63) is 0 Å². The monoisotopic (exact) mass is 266 g/mol. The van der Waals surface area contributed by atoms with Gasteiger partial charge in [-0.15, -0.1) is 0 Å². The first-order chi connectivity index (χ1) is 7.37. The smallest absolute Gasteiger partial charge is 0.277 e. The second kappa shape index (κ2) is 5.65. The summed E-state index contributed by atoms with van der Waals surface area (Å²) in [6, 6.07) is -0.299. The van der Waals surface area contributed by atoms with E-state index in [1.165, 1.54) is 0 Å². The minimum atomic E-state index is -3.55. The van der Waals surface area contributed by atoms with Gasteiger partial charge in [0.1, 0.15) is 0 Å². The van der Waals surface area contributed by atoms with Crippen LogP contribution in [0.5, 0.6) is 0 Å². The van der Waals surface area contributed by atoms with Crippen LogP contribution < -0.4 is 9.44 Å². The summed E-state index contributed by atoms with van der Waals surface area (Å²) >= 11 is 0. The van der Waals surface area contributed by atoms with Crippen molar-refractivity contribution in [3.8, 4) is 0 Å². The van der Waals surface area contributed by atoms with E-state index in [-0.39, 0.29) is 18.1 Å². The van der Waals surface area contributed by atoms with E-state index in [1.807, 2.05) is 20.8 Å². The lowest BCUT2D eigenvalue weighted by Crippen LogP contribution is -2.53. The molecule has 0 spiro atoms. The number of nitrogens with one attached hydrogen (secondary N) is 2. The molecule has 0 aromatic heterocycles. The van der Waals surface area contributed by atoms with Gasteiger partial charge in [0.2, 0.25) is 0 Å². The van der Waals surface area contributed by atoms with E-state index in [4.69, 9.17) is 5.11 Å². The molecule has 3 N–H and O–H groups in total. The fourth-order valence-corrected chi connectivity index (χ4v) is 3.13. The van der Waals surface area contributed by atoms with Crippen LogP contribution >= 0.6 is 0 Å². The average Bonchev–Trinajstić information content (AvgIpc) is 1.96. The van der Waals surface area contributed by atoms with Crippen LogP contribution in [0.15, 0.2) is 0 Å². The Balaban J connectivity index is 4.77. The molecular formula is C11H26N2O3S. The Kier molecular flexibility index (Phi) is 5.59. The van der Waals surface area contributed by atoms with Crippen molar-refractivity contribution < 1.29 is 13.5 Å². The molecule has 0 amide bonds. The van der Waals surface area contributed by atoms with E-state index in [1.54, 1.807) is 20.8 Å². The number of hydrogen-bond acceptors (Lipinski definition) is 3. The molecule has 17 heavy (non-hydrogen) atoms. The molecule has 0 heterocycles. The minimum absolute atomic E-state index is 0.0417. The first-order valence-electron chi connectivity index (χ1n) is 5.79. The maximum atomic E-state index is 11.9. The molecule has 0 saturated heterocycles. The summed E-state index contributed by atoms with van der Waals surface area (Å²) in [7, 11) is -3.55. The molecular weight excluding hydrogens is 240 g/mol. The van der Waals surface area contributed by atoms with Crippen LogP contribution in [0.3, 0.4) is 0 Å². The molecule has 104 valence electrons. The fraction of sp³-hybridized carbons (Fsp3) is 1.00. The quantitative estimate of drug-likeness (QED) is 0.695. The summed E-state index contributed by atoms with van der Waals surface area (Å²) < 4.78 is 28.9. The van der Waals surface area contributed by atoms with Gasteiger partial charge in [-0.25, -0.2) is 0 Å². The van der Waals surface area contributed by atoms with Crippen molar-refractivity contribution in [2.75, 3.05) is 6.61 Å². The predicted octanol–water partition coefficient (Wildman–Crippen LogP) is 1.01. The molecule has 0 aliphatic heterocycles. The third-order valence-corrected chi connectivity index (χ3v) is 3.68. The lowest BCUT2D eigenvalue weighted by molar-refractivity contribution is 0.214. The van der Waals surface area contributed by atoms with Gasteiger partial charge in [0.25, 0.3) is 10.2 Å². The molecule has 0 aromatic rings. The SMILES string of the molecule is CC(C)(C)NS(=O)(=O)NC(CCO)C(C)(C)C. The average molecular weight is 266 g/mol. The van der Waals surface area contributed by atoms with Gasteiger partial charge >= 0.3 is 0 Å². The van der Waals surface area contributed by atoms with Gasteiger partial charge in [-0.05, 0) is 32.6 Å². The topological polar surface area (TPSA) is 78.4 Å². The van der Waals surface area contributed by atoms with E-state index < -0.39 is 15.7 Å². The van der Waals surface area contributed by atoms with Crippen LogP contribution in [0.1, 0.15) is 48.0 Å². The van der Waals surface area contributed by atoms with Crippen molar-refractivity contribution in [1.29, 1.82) is 0 Å². The Morgan fingerprint density at radius 1 is 1.12 bits per heavy atom. The van der Waals surface area contributed by atoms with Crippen LogP contribution in [0.2, 0.25) is 0 Å². The fourth-order valence-electron chi connectivity index (χ4n) is 1.42. The molecule has 0 saturated carbocycles. The third kappa shape index (κ3) is 7.70. The largest absolute Gasteiger partial charge is 0.396 e. The molecule has 0 aromatic carbocycles. The van der Waals surface area contributed by atoms with E-state index in [2.05, 4.69) is 9.44 Å². The predicted molar refractivity (Wildman–Crippen MR) is 69.9 cm³/mol. The zero-order valence-electron chi connectivity index (χ0n) is 11.7. The van der Waals surface area contributed by atoms with Crippen molar-refractivity contribution in [2.45, 2.75) is 59.5 Å². The van der Waals surface area contributed by atoms with Gasteiger partial charge in [-0.1, -0.05) is 20.8 Å². The molecule has 0 aliphatic carbocycles. The van der Waals surface area contributed by atoms with Gasteiger partial charge in [-0.3, -0.25) is 0 Å². The van der Waals surface area contributed by atoms with Gasteiger partial charge in [-0.2, -0.15) is 17.9 Å². The second-order valence-electron chi connectivity index (χ2n) is 6.40. The van der Waals surface area contributed by atoms with Crippen molar-refractivity contribution in [2.24, 2.45) is 5.41 Å². The molecule has 1 atom stereocenters. The summed E-state index contributed by atoms with van der Waals surface area (Å²) in [6.07, 6.45) is 0.397. The maximum Gasteiger partial charge on any atom is 0.277 e. The summed E-state index contributed by atoms with van der Waals surface area (Å²) in [5.74, 6) is 0. The molecule has 1 unspecified atom stereocenters. The Morgan fingerprint density at radius 2 is 1.59 bits per heavy atom. The Labute approximate surface area is 105 Å². The number of hydrogen-bond donors (Lipinski definition) is 3. The number of aliphatic hydroxyl groups is 1. The first-order valence-corrected chi connectivity index (χ1v) is 7.28. The number of aliphatic hydroxyl groups excluding tert-OH is 1. The lowest BCUT2D eigenvalue weighted by atomic mass is 9.86. The third-order valence-electron chi connectivity index (χ3n) is 2.20. The van der Waals surface area contributed by atoms with E-state index in [0.29, 0.717) is 6.42 Å². The highest BCUT2D eigenvalue weighted by atomic mass is 32.2. The summed E-state index contributed by atoms with van der Waals surface area (Å²) in [5, 5.41) is 8.97. The van der Waals surface area contributed by atoms with Gasteiger partial charge in [0, 0.05) is 18.2 Å². The van der Waals surface area contributed by atoms with Crippen LogP contribution in [-0.2, 0) is 10.2 Å². The van der Waals surface area contributed by atoms with E-state index in [0.717, 1.165) is 0 Å². The zero-order chi connectivity index (χ0) is 13.9.